The van der Waals surface area contributed by atoms with Crippen molar-refractivity contribution in [1.82, 2.24) is 25.5 Å². The van der Waals surface area contributed by atoms with Crippen LogP contribution in [0.5, 0.6) is 0 Å². The Morgan fingerprint density at radius 3 is 2.82 bits per heavy atom. The minimum absolute atomic E-state index is 0.712. The van der Waals surface area contributed by atoms with Crippen LogP contribution in [-0.4, -0.2) is 33.3 Å². The first-order chi connectivity index (χ1) is 8.08. The van der Waals surface area contributed by atoms with E-state index < -0.39 is 0 Å². The van der Waals surface area contributed by atoms with Gasteiger partial charge in [-0.15, -0.1) is 10.2 Å². The molecule has 1 heterocycles. The number of tetrazole rings is 1. The molecule has 0 spiro atoms. The number of allylic oxidation sites excluding steroid dienone is 1. The molecule has 1 rings (SSSR count). The quantitative estimate of drug-likeness (QED) is 0.574. The molecule has 1 aromatic rings. The lowest BCUT2D eigenvalue weighted by atomic mass is 10.1. The standard InChI is InChI=1S/C12H23N5/c1-10(2)9-13-7-5-6-11(3)8-12-14-16-17(4)15-12/h6,10,13H,5,7-9H2,1-4H3/b11-6-. The van der Waals surface area contributed by atoms with Crippen LogP contribution in [0.25, 0.3) is 0 Å². The average molecular weight is 237 g/mol. The molecule has 0 amide bonds. The molecule has 17 heavy (non-hydrogen) atoms. The zero-order chi connectivity index (χ0) is 12.7. The Labute approximate surface area is 103 Å². The Morgan fingerprint density at radius 1 is 1.47 bits per heavy atom. The Hall–Kier alpha value is -1.23. The van der Waals surface area contributed by atoms with Gasteiger partial charge in [-0.2, -0.15) is 4.80 Å². The second-order valence-corrected chi connectivity index (χ2v) is 4.81. The second kappa shape index (κ2) is 7.17. The van der Waals surface area contributed by atoms with Gasteiger partial charge in [0, 0.05) is 6.42 Å². The first-order valence-electron chi connectivity index (χ1n) is 6.17. The molecule has 0 saturated heterocycles. The van der Waals surface area contributed by atoms with Crippen LogP contribution in [0.3, 0.4) is 0 Å². The average Bonchev–Trinajstić information content (AvgIpc) is 2.63. The highest BCUT2D eigenvalue weighted by molar-refractivity contribution is 5.05. The molecule has 0 atom stereocenters. The predicted molar refractivity (Wildman–Crippen MR) is 68.6 cm³/mol. The Balaban J connectivity index is 2.21. The largest absolute Gasteiger partial charge is 0.316 e. The highest BCUT2D eigenvalue weighted by atomic mass is 15.6. The topological polar surface area (TPSA) is 55.6 Å². The van der Waals surface area contributed by atoms with Gasteiger partial charge in [-0.25, -0.2) is 0 Å². The first-order valence-corrected chi connectivity index (χ1v) is 6.17. The molecule has 0 bridgehead atoms. The molecule has 0 saturated carbocycles. The Morgan fingerprint density at radius 2 is 2.24 bits per heavy atom. The summed E-state index contributed by atoms with van der Waals surface area (Å²) >= 11 is 0. The van der Waals surface area contributed by atoms with Gasteiger partial charge in [0.1, 0.15) is 0 Å². The maximum atomic E-state index is 4.16. The Kier molecular flexibility index (Phi) is 5.83. The van der Waals surface area contributed by atoms with Crippen molar-refractivity contribution in [1.29, 1.82) is 0 Å². The minimum Gasteiger partial charge on any atom is -0.316 e. The summed E-state index contributed by atoms with van der Waals surface area (Å²) in [7, 11) is 1.78. The summed E-state index contributed by atoms with van der Waals surface area (Å²) in [6, 6.07) is 0. The normalized spacial score (nSPS) is 12.4. The molecule has 0 fully saturated rings. The number of aromatic nitrogens is 4. The van der Waals surface area contributed by atoms with Crippen LogP contribution < -0.4 is 5.32 Å². The van der Waals surface area contributed by atoms with E-state index >= 15 is 0 Å². The van der Waals surface area contributed by atoms with E-state index in [1.807, 2.05) is 0 Å². The van der Waals surface area contributed by atoms with Crippen LogP contribution in [0, 0.1) is 5.92 Å². The maximum Gasteiger partial charge on any atom is 0.178 e. The molecule has 0 radical (unpaired) electrons. The van der Waals surface area contributed by atoms with Crippen molar-refractivity contribution in [2.45, 2.75) is 33.6 Å². The van der Waals surface area contributed by atoms with Crippen LogP contribution in [0.1, 0.15) is 33.0 Å². The van der Waals surface area contributed by atoms with Crippen LogP contribution in [0.15, 0.2) is 11.6 Å². The number of hydrogen-bond donors (Lipinski definition) is 1. The lowest BCUT2D eigenvalue weighted by molar-refractivity contribution is 0.556. The third-order valence-electron chi connectivity index (χ3n) is 2.35. The van der Waals surface area contributed by atoms with E-state index in [9.17, 15) is 0 Å². The van der Waals surface area contributed by atoms with E-state index in [1.54, 1.807) is 7.05 Å². The first kappa shape index (κ1) is 13.8. The molecule has 96 valence electrons. The lowest BCUT2D eigenvalue weighted by Gasteiger charge is -2.05. The van der Waals surface area contributed by atoms with Crippen molar-refractivity contribution in [2.24, 2.45) is 13.0 Å². The minimum atomic E-state index is 0.712. The van der Waals surface area contributed by atoms with Gasteiger partial charge in [0.05, 0.1) is 7.05 Å². The number of rotatable bonds is 7. The highest BCUT2D eigenvalue weighted by Crippen LogP contribution is 2.02. The SMILES string of the molecule is C/C(=C/CCNCC(C)C)Cc1nnn(C)n1. The monoisotopic (exact) mass is 237 g/mol. The van der Waals surface area contributed by atoms with Crippen molar-refractivity contribution >= 4 is 0 Å². The van der Waals surface area contributed by atoms with Gasteiger partial charge in [-0.3, -0.25) is 0 Å². The van der Waals surface area contributed by atoms with Gasteiger partial charge < -0.3 is 5.32 Å². The van der Waals surface area contributed by atoms with Gasteiger partial charge in [0.15, 0.2) is 5.82 Å². The van der Waals surface area contributed by atoms with Gasteiger partial charge >= 0.3 is 0 Å². The van der Waals surface area contributed by atoms with Crippen LogP contribution in [0.4, 0.5) is 0 Å². The molecule has 0 aromatic carbocycles. The number of nitrogens with zero attached hydrogens (tertiary/aromatic N) is 4. The maximum absolute atomic E-state index is 4.16. The smallest absolute Gasteiger partial charge is 0.178 e. The molecular formula is C12H23N5. The molecule has 1 aromatic heterocycles. The van der Waals surface area contributed by atoms with E-state index in [0.29, 0.717) is 5.92 Å². The summed E-state index contributed by atoms with van der Waals surface area (Å²) in [5.41, 5.74) is 1.30. The fourth-order valence-corrected chi connectivity index (χ4v) is 1.53. The molecule has 5 heteroatoms. The lowest BCUT2D eigenvalue weighted by Crippen LogP contribution is -2.20. The van der Waals surface area contributed by atoms with Crippen molar-refractivity contribution < 1.29 is 0 Å². The third kappa shape index (κ3) is 6.16. The summed E-state index contributed by atoms with van der Waals surface area (Å²) in [5.74, 6) is 1.50. The zero-order valence-corrected chi connectivity index (χ0v) is 11.3. The molecule has 1 N–H and O–H groups in total. The third-order valence-corrected chi connectivity index (χ3v) is 2.35. The van der Waals surface area contributed by atoms with E-state index in [0.717, 1.165) is 31.8 Å². The van der Waals surface area contributed by atoms with Crippen LogP contribution >= 0.6 is 0 Å². The van der Waals surface area contributed by atoms with E-state index in [4.69, 9.17) is 0 Å². The summed E-state index contributed by atoms with van der Waals surface area (Å²) in [6.45, 7) is 8.66. The number of aryl methyl sites for hydroxylation is 1. The summed E-state index contributed by atoms with van der Waals surface area (Å²) < 4.78 is 0. The summed E-state index contributed by atoms with van der Waals surface area (Å²) in [5, 5.41) is 15.4. The van der Waals surface area contributed by atoms with Gasteiger partial charge in [-0.1, -0.05) is 25.5 Å². The second-order valence-electron chi connectivity index (χ2n) is 4.81. The molecule has 0 aliphatic heterocycles. The zero-order valence-electron chi connectivity index (χ0n) is 11.3. The van der Waals surface area contributed by atoms with Crippen LogP contribution in [-0.2, 0) is 13.5 Å². The van der Waals surface area contributed by atoms with Crippen LogP contribution in [0.2, 0.25) is 0 Å². The molecule has 0 aliphatic rings. The van der Waals surface area contributed by atoms with Gasteiger partial charge in [-0.05, 0) is 37.6 Å². The predicted octanol–water partition coefficient (Wildman–Crippen LogP) is 1.33. The Bertz CT molecular complexity index is 354. The van der Waals surface area contributed by atoms with Gasteiger partial charge in [0.2, 0.25) is 0 Å². The van der Waals surface area contributed by atoms with Crippen molar-refractivity contribution in [2.75, 3.05) is 13.1 Å². The molecule has 0 aliphatic carbocycles. The fraction of sp³-hybridized carbons (Fsp3) is 0.750. The summed E-state index contributed by atoms with van der Waals surface area (Å²) in [6.07, 6.45) is 4.08. The van der Waals surface area contributed by atoms with E-state index in [1.165, 1.54) is 10.4 Å². The number of hydrogen-bond acceptors (Lipinski definition) is 4. The van der Waals surface area contributed by atoms with Crippen molar-refractivity contribution in [3.8, 4) is 0 Å². The van der Waals surface area contributed by atoms with Gasteiger partial charge in [0.25, 0.3) is 0 Å². The summed E-state index contributed by atoms with van der Waals surface area (Å²) in [4.78, 5) is 1.49. The van der Waals surface area contributed by atoms with Crippen molar-refractivity contribution in [3.05, 3.63) is 17.5 Å². The van der Waals surface area contributed by atoms with E-state index in [-0.39, 0.29) is 0 Å². The molecule has 5 nitrogen and oxygen atoms in total. The highest BCUT2D eigenvalue weighted by Gasteiger charge is 2.00. The molecular weight excluding hydrogens is 214 g/mol. The molecule has 0 unspecified atom stereocenters. The fourth-order valence-electron chi connectivity index (χ4n) is 1.53. The van der Waals surface area contributed by atoms with E-state index in [2.05, 4.69) is 47.6 Å². The number of nitrogens with one attached hydrogen (secondary N) is 1. The van der Waals surface area contributed by atoms with Crippen molar-refractivity contribution in [3.63, 3.8) is 0 Å².